The van der Waals surface area contributed by atoms with Crippen molar-refractivity contribution in [2.45, 2.75) is 6.92 Å². The Balaban J connectivity index is 3.37. The molecule has 0 aliphatic rings. The van der Waals surface area contributed by atoms with E-state index in [0.29, 0.717) is 15.5 Å². The summed E-state index contributed by atoms with van der Waals surface area (Å²) in [7, 11) is 0.695. The van der Waals surface area contributed by atoms with Crippen LogP contribution < -0.4 is 0 Å². The third-order valence-corrected chi connectivity index (χ3v) is 1.54. The molecule has 0 bridgehead atoms. The molecule has 0 heterocycles. The number of thiocarbonyl (C=S) groups is 1. The zero-order chi connectivity index (χ0) is 5.70. The van der Waals surface area contributed by atoms with Crippen LogP contribution >= 0.6 is 12.2 Å². The predicted octanol–water partition coefficient (Wildman–Crippen LogP) is 0.187. The lowest BCUT2D eigenvalue weighted by Gasteiger charge is -1.90. The smallest absolute Gasteiger partial charge is 0.205 e. The molecule has 0 atom stereocenters. The van der Waals surface area contributed by atoms with Crippen molar-refractivity contribution in [3.63, 3.8) is 0 Å². The first kappa shape index (κ1) is 6.85. The lowest BCUT2D eigenvalue weighted by molar-refractivity contribution is 0.635. The lowest BCUT2D eigenvalue weighted by Crippen LogP contribution is -1.90. The first-order chi connectivity index (χ1) is 3.31. The van der Waals surface area contributed by atoms with Gasteiger partial charge in [0.1, 0.15) is 0 Å². The molecule has 0 aliphatic carbocycles. The van der Waals surface area contributed by atoms with E-state index in [2.05, 4.69) is 12.2 Å². The van der Waals surface area contributed by atoms with Crippen LogP contribution in [-0.2, 0) is 4.43 Å². The van der Waals surface area contributed by atoms with Crippen LogP contribution in [0, 0.1) is 0 Å². The summed E-state index contributed by atoms with van der Waals surface area (Å²) in [6, 6.07) is 0. The van der Waals surface area contributed by atoms with Crippen LogP contribution in [0.4, 0.5) is 0 Å². The van der Waals surface area contributed by atoms with E-state index < -0.39 is 0 Å². The molecule has 0 aliphatic heterocycles. The molecule has 0 aromatic rings. The van der Waals surface area contributed by atoms with Crippen LogP contribution in [0.25, 0.3) is 0 Å². The number of allylic oxidation sites excluding steroid dienone is 1. The normalized spacial score (nSPS) is 9.86. The maximum Gasteiger partial charge on any atom is 0.205 e. The molecule has 0 rings (SSSR count). The lowest BCUT2D eigenvalue weighted by atomic mass is 10.6. The van der Waals surface area contributed by atoms with Crippen molar-refractivity contribution < 1.29 is 4.43 Å². The van der Waals surface area contributed by atoms with Crippen molar-refractivity contribution in [2.24, 2.45) is 0 Å². The summed E-state index contributed by atoms with van der Waals surface area (Å²) in [6.07, 6.45) is 3.63. The van der Waals surface area contributed by atoms with Gasteiger partial charge in [-0.3, -0.25) is 0 Å². The van der Waals surface area contributed by atoms with Crippen LogP contribution in [0.2, 0.25) is 0 Å². The molecule has 0 saturated heterocycles. The molecule has 0 amide bonds. The van der Waals surface area contributed by atoms with E-state index >= 15 is 0 Å². The van der Waals surface area contributed by atoms with Gasteiger partial charge in [0, 0.05) is 0 Å². The van der Waals surface area contributed by atoms with Gasteiger partial charge in [-0.15, -0.1) is 0 Å². The second-order valence-corrected chi connectivity index (χ2v) is 1.83. The van der Waals surface area contributed by atoms with E-state index in [1.54, 1.807) is 6.08 Å². The Hall–Kier alpha value is -0.153. The van der Waals surface area contributed by atoms with Crippen LogP contribution in [-0.4, -0.2) is 15.5 Å². The van der Waals surface area contributed by atoms with Gasteiger partial charge in [0.2, 0.25) is 10.5 Å². The van der Waals surface area contributed by atoms with Gasteiger partial charge in [0.05, 0.1) is 0 Å². The molecule has 0 spiro atoms. The Labute approximate surface area is 51.9 Å². The van der Waals surface area contributed by atoms with Crippen LogP contribution in [0.15, 0.2) is 12.2 Å². The molecule has 0 saturated carbocycles. The van der Waals surface area contributed by atoms with Crippen molar-refractivity contribution in [1.82, 2.24) is 0 Å². The number of hydrogen-bond acceptors (Lipinski definition) is 2. The Morgan fingerprint density at radius 2 is 2.43 bits per heavy atom. The van der Waals surface area contributed by atoms with Gasteiger partial charge in [0.15, 0.2) is 5.05 Å². The van der Waals surface area contributed by atoms with Crippen molar-refractivity contribution in [1.29, 1.82) is 0 Å². The highest BCUT2D eigenvalue weighted by atomic mass is 32.1. The van der Waals surface area contributed by atoms with Gasteiger partial charge in [0.25, 0.3) is 0 Å². The Morgan fingerprint density at radius 3 is 2.57 bits per heavy atom. The predicted molar refractivity (Wildman–Crippen MR) is 38.4 cm³/mol. The maximum atomic E-state index is 4.77. The van der Waals surface area contributed by atoms with Crippen LogP contribution in [0.5, 0.6) is 0 Å². The molecule has 0 unspecified atom stereocenters. The van der Waals surface area contributed by atoms with Crippen molar-refractivity contribution >= 4 is 27.8 Å². The first-order valence-corrected chi connectivity index (χ1v) is 3.24. The highest BCUT2D eigenvalue weighted by Crippen LogP contribution is 1.78. The molecule has 0 aromatic carbocycles. The summed E-state index contributed by atoms with van der Waals surface area (Å²) in [5, 5.41) is 0.592. The Morgan fingerprint density at radius 1 is 1.86 bits per heavy atom. The van der Waals surface area contributed by atoms with Gasteiger partial charge in [-0.25, -0.2) is 0 Å². The highest BCUT2D eigenvalue weighted by molar-refractivity contribution is 7.80. The molecule has 0 fully saturated rings. The minimum absolute atomic E-state index is 0.592. The Bertz CT molecular complexity index is 89.7. The quantitative estimate of drug-likeness (QED) is 0.286. The van der Waals surface area contributed by atoms with E-state index in [9.17, 15) is 0 Å². The minimum atomic E-state index is 0.592. The van der Waals surface area contributed by atoms with Crippen LogP contribution in [0.1, 0.15) is 6.92 Å². The fraction of sp³-hybridized carbons (Fsp3) is 0.250. The fourth-order valence-electron chi connectivity index (χ4n) is 0.204. The first-order valence-electron chi connectivity index (χ1n) is 2.02. The van der Waals surface area contributed by atoms with Crippen LogP contribution in [0.3, 0.4) is 0 Å². The summed E-state index contributed by atoms with van der Waals surface area (Å²) < 4.78 is 4.77. The average Bonchev–Trinajstić information content (AvgIpc) is 1.68. The third-order valence-electron chi connectivity index (χ3n) is 0.504. The third kappa shape index (κ3) is 3.68. The topological polar surface area (TPSA) is 9.23 Å². The summed E-state index contributed by atoms with van der Waals surface area (Å²) in [6.45, 7) is 1.91. The zero-order valence-corrected chi connectivity index (χ0v) is 7.29. The highest BCUT2D eigenvalue weighted by Gasteiger charge is 1.77. The largest absolute Gasteiger partial charge is 0.546 e. The fourth-order valence-corrected chi connectivity index (χ4v) is 0.476. The van der Waals surface area contributed by atoms with Crippen molar-refractivity contribution in [3.05, 3.63) is 12.2 Å². The second kappa shape index (κ2) is 4.02. The van der Waals surface area contributed by atoms with E-state index in [-0.39, 0.29) is 0 Å². The molecular formula is C4H8OSSi. The molecule has 0 N–H and O–H groups in total. The van der Waals surface area contributed by atoms with Gasteiger partial charge < -0.3 is 4.43 Å². The molecule has 40 valence electrons. The van der Waals surface area contributed by atoms with Gasteiger partial charge >= 0.3 is 0 Å². The van der Waals surface area contributed by atoms with Gasteiger partial charge in [-0.1, -0.05) is 6.08 Å². The molecule has 0 radical (unpaired) electrons. The second-order valence-electron chi connectivity index (χ2n) is 1.02. The molecule has 1 nitrogen and oxygen atoms in total. The molecule has 3 heteroatoms. The summed E-state index contributed by atoms with van der Waals surface area (Å²) in [5.74, 6) is 0. The van der Waals surface area contributed by atoms with E-state index in [1.807, 2.05) is 13.0 Å². The van der Waals surface area contributed by atoms with E-state index in [0.717, 1.165) is 0 Å². The maximum absolute atomic E-state index is 4.77. The van der Waals surface area contributed by atoms with Crippen molar-refractivity contribution in [2.75, 3.05) is 0 Å². The summed E-state index contributed by atoms with van der Waals surface area (Å²) >= 11 is 4.68. The standard InChI is InChI=1S/C4H8OSSi/c1-2-3-4(6)5-7/h2-3H,1,7H3. The van der Waals surface area contributed by atoms with Gasteiger partial charge in [-0.05, 0) is 25.2 Å². The monoisotopic (exact) mass is 132 g/mol. The van der Waals surface area contributed by atoms with Crippen molar-refractivity contribution in [3.8, 4) is 0 Å². The van der Waals surface area contributed by atoms with E-state index in [1.165, 1.54) is 0 Å². The summed E-state index contributed by atoms with van der Waals surface area (Å²) in [4.78, 5) is 0. The Kier molecular flexibility index (Phi) is 3.93. The molecule has 0 aromatic heterocycles. The molecular weight excluding hydrogens is 124 g/mol. The van der Waals surface area contributed by atoms with E-state index in [4.69, 9.17) is 4.43 Å². The average molecular weight is 132 g/mol. The molecule has 7 heavy (non-hydrogen) atoms. The number of hydrogen-bond donors (Lipinski definition) is 0. The summed E-state index contributed by atoms with van der Waals surface area (Å²) in [5.41, 5.74) is 0. The zero-order valence-electron chi connectivity index (χ0n) is 4.47. The SMILES string of the molecule is CC=CC(=S)O[SiH3]. The van der Waals surface area contributed by atoms with Gasteiger partial charge in [-0.2, -0.15) is 0 Å². The minimum Gasteiger partial charge on any atom is -0.546 e. The number of rotatable bonds is 1.